The topological polar surface area (TPSA) is 83.0 Å². The van der Waals surface area contributed by atoms with Crippen molar-refractivity contribution in [2.24, 2.45) is 5.84 Å². The minimum absolute atomic E-state index is 0.0389. The monoisotopic (exact) mass is 398 g/mol. The molecule has 7 heteroatoms. The van der Waals surface area contributed by atoms with E-state index < -0.39 is 0 Å². The lowest BCUT2D eigenvalue weighted by atomic mass is 9.97. The molecule has 0 aliphatic heterocycles. The molecular weight excluding hydrogens is 370 g/mol. The van der Waals surface area contributed by atoms with Gasteiger partial charge in [-0.05, 0) is 43.7 Å². The van der Waals surface area contributed by atoms with Gasteiger partial charge in [0.25, 0.3) is 0 Å². The number of hydrazine groups is 1. The van der Waals surface area contributed by atoms with Crippen LogP contribution in [0.2, 0.25) is 0 Å². The number of hydrogen-bond donors (Lipinski definition) is 3. The highest BCUT2D eigenvalue weighted by atomic mass is 32.1. The van der Waals surface area contributed by atoms with E-state index >= 15 is 0 Å². The van der Waals surface area contributed by atoms with Crippen LogP contribution in [0, 0.1) is 0 Å². The summed E-state index contributed by atoms with van der Waals surface area (Å²) in [6, 6.07) is 8.01. The van der Waals surface area contributed by atoms with Gasteiger partial charge in [-0.15, -0.1) is 4.68 Å². The first-order valence-corrected chi connectivity index (χ1v) is 10.6. The van der Waals surface area contributed by atoms with Gasteiger partial charge < -0.3 is 10.6 Å². The van der Waals surface area contributed by atoms with E-state index in [4.69, 9.17) is 5.84 Å². The molecule has 0 saturated heterocycles. The molecule has 1 aromatic heterocycles. The summed E-state index contributed by atoms with van der Waals surface area (Å²) >= 11 is 1.50. The summed E-state index contributed by atoms with van der Waals surface area (Å²) in [7, 11) is 0. The van der Waals surface area contributed by atoms with Crippen molar-refractivity contribution in [1.82, 2.24) is 15.6 Å². The van der Waals surface area contributed by atoms with E-state index in [2.05, 4.69) is 21.7 Å². The molecule has 4 N–H and O–H groups in total. The van der Waals surface area contributed by atoms with Crippen LogP contribution < -0.4 is 16.5 Å². The largest absolute Gasteiger partial charge is 0.352 e. The van der Waals surface area contributed by atoms with Gasteiger partial charge in [0.2, 0.25) is 12.2 Å². The van der Waals surface area contributed by atoms with Gasteiger partial charge in [0.1, 0.15) is 0 Å². The van der Waals surface area contributed by atoms with E-state index in [-0.39, 0.29) is 5.91 Å². The number of hydrazone groups is 1. The first-order valence-electron chi connectivity index (χ1n) is 9.69. The van der Waals surface area contributed by atoms with Gasteiger partial charge in [0.15, 0.2) is 5.69 Å². The normalized spacial score (nSPS) is 14.5. The fourth-order valence-electron chi connectivity index (χ4n) is 3.17. The third-order valence-corrected chi connectivity index (χ3v) is 5.54. The number of nitrogens with two attached hydrogens (primary N) is 1. The third-order valence-electron chi connectivity index (χ3n) is 4.68. The lowest BCUT2D eigenvalue weighted by molar-refractivity contribution is -0.448. The molecule has 0 unspecified atom stereocenters. The van der Waals surface area contributed by atoms with Crippen LogP contribution >= 0.6 is 11.3 Å². The van der Waals surface area contributed by atoms with Crippen LogP contribution in [0.25, 0.3) is 11.3 Å². The molecule has 1 aliphatic rings. The maximum Gasteiger partial charge on any atom is 0.343 e. The van der Waals surface area contributed by atoms with Crippen molar-refractivity contribution in [1.29, 1.82) is 0 Å². The highest BCUT2D eigenvalue weighted by Crippen LogP contribution is 2.26. The minimum Gasteiger partial charge on any atom is -0.352 e. The Morgan fingerprint density at radius 2 is 2.29 bits per heavy atom. The second-order valence-corrected chi connectivity index (χ2v) is 7.81. The molecule has 6 nitrogen and oxygen atoms in total. The van der Waals surface area contributed by atoms with Crippen LogP contribution in [0.1, 0.15) is 44.6 Å². The number of carbonyl (C=O) groups is 1. The zero-order chi connectivity index (χ0) is 19.8. The standard InChI is InChI=1S/C21H27N5OS/c1-16(27)24-13-18-8-5-9-19(12-18)20-14-28-21(25-20)26(22)15-23-11-10-17-6-3-2-4-7-17/h5-6,8-9,12,14-15H,2-4,7,10-11,13,22H2,1H3,(H,24,27)/p+1. The second-order valence-electron chi connectivity index (χ2n) is 6.97. The molecule has 2 aromatic rings. The number of nitrogens with zero attached hydrogens (tertiary/aromatic N) is 2. The molecule has 0 spiro atoms. The Bertz CT molecular complexity index is 871. The minimum atomic E-state index is -0.0389. The summed E-state index contributed by atoms with van der Waals surface area (Å²) < 4.78 is 1.53. The van der Waals surface area contributed by atoms with Gasteiger partial charge in [0.05, 0.1) is 6.54 Å². The highest BCUT2D eigenvalue weighted by molar-refractivity contribution is 7.13. The summed E-state index contributed by atoms with van der Waals surface area (Å²) in [4.78, 5) is 15.7. The number of rotatable bonds is 8. The average molecular weight is 399 g/mol. The van der Waals surface area contributed by atoms with Crippen LogP contribution in [-0.2, 0) is 11.3 Å². The SMILES string of the molecule is CC(=O)NCc1cccc(-c2csc([N+](N)=CNCCC3=CCCCC3)n2)c1. The second kappa shape index (κ2) is 10.0. The Morgan fingerprint density at radius 3 is 3.07 bits per heavy atom. The van der Waals surface area contributed by atoms with Crippen molar-refractivity contribution in [2.45, 2.75) is 45.6 Å². The zero-order valence-electron chi connectivity index (χ0n) is 16.3. The summed E-state index contributed by atoms with van der Waals surface area (Å²) in [5.74, 6) is 6.08. The van der Waals surface area contributed by atoms with Gasteiger partial charge in [-0.2, -0.15) is 0 Å². The molecule has 0 saturated carbocycles. The molecule has 1 aliphatic carbocycles. The predicted octanol–water partition coefficient (Wildman–Crippen LogP) is 3.47. The van der Waals surface area contributed by atoms with Crippen molar-refractivity contribution in [3.05, 3.63) is 46.9 Å². The number of benzene rings is 1. The fourth-order valence-corrected chi connectivity index (χ4v) is 3.90. The maximum absolute atomic E-state index is 11.1. The van der Waals surface area contributed by atoms with Crippen molar-refractivity contribution in [2.75, 3.05) is 6.54 Å². The number of allylic oxidation sites excluding steroid dienone is 1. The summed E-state index contributed by atoms with van der Waals surface area (Å²) in [5, 5.41) is 8.81. The first-order chi connectivity index (χ1) is 13.6. The Hall–Kier alpha value is -2.67. The Kier molecular flexibility index (Phi) is 7.19. The van der Waals surface area contributed by atoms with Gasteiger partial charge >= 0.3 is 5.13 Å². The Morgan fingerprint density at radius 1 is 1.39 bits per heavy atom. The van der Waals surface area contributed by atoms with E-state index in [0.29, 0.717) is 6.54 Å². The molecule has 1 heterocycles. The van der Waals surface area contributed by atoms with Gasteiger partial charge in [-0.25, -0.2) is 0 Å². The number of amides is 1. The molecule has 148 valence electrons. The first kappa shape index (κ1) is 20.1. The average Bonchev–Trinajstić information content (AvgIpc) is 3.21. The molecule has 0 radical (unpaired) electrons. The fraction of sp³-hybridized carbons (Fsp3) is 0.381. The van der Waals surface area contributed by atoms with Crippen molar-refractivity contribution in [3.63, 3.8) is 0 Å². The summed E-state index contributed by atoms with van der Waals surface area (Å²) in [6.07, 6.45) is 10.3. The number of aromatic nitrogens is 1. The number of hydrogen-bond acceptors (Lipinski definition) is 4. The Labute approximate surface area is 170 Å². The van der Waals surface area contributed by atoms with Gasteiger partial charge in [0, 0.05) is 24.4 Å². The Balaban J connectivity index is 1.57. The zero-order valence-corrected chi connectivity index (χ0v) is 17.1. The van der Waals surface area contributed by atoms with Gasteiger partial charge in [-0.3, -0.25) is 10.6 Å². The third kappa shape index (κ3) is 5.92. The molecule has 0 atom stereocenters. The molecule has 3 rings (SSSR count). The van der Waals surface area contributed by atoms with Crippen LogP contribution in [0.5, 0.6) is 0 Å². The van der Waals surface area contributed by atoms with E-state index in [9.17, 15) is 4.79 Å². The van der Waals surface area contributed by atoms with Crippen LogP contribution in [0.3, 0.4) is 0 Å². The summed E-state index contributed by atoms with van der Waals surface area (Å²) in [6.45, 7) is 2.91. The van der Waals surface area contributed by atoms with Crippen LogP contribution in [0.15, 0.2) is 41.3 Å². The number of carbonyl (C=O) groups excluding carboxylic acids is 1. The van der Waals surface area contributed by atoms with E-state index in [1.54, 1.807) is 11.9 Å². The summed E-state index contributed by atoms with van der Waals surface area (Å²) in [5.41, 5.74) is 4.47. The molecule has 0 fully saturated rings. The molecule has 1 amide bonds. The lowest BCUT2D eigenvalue weighted by Gasteiger charge is -2.11. The van der Waals surface area contributed by atoms with Crippen molar-refractivity contribution < 1.29 is 9.48 Å². The smallest absolute Gasteiger partial charge is 0.343 e. The van der Waals surface area contributed by atoms with Crippen LogP contribution in [0.4, 0.5) is 5.13 Å². The molecule has 28 heavy (non-hydrogen) atoms. The lowest BCUT2D eigenvalue weighted by Crippen LogP contribution is -2.25. The quantitative estimate of drug-likeness (QED) is 0.121. The van der Waals surface area contributed by atoms with Crippen LogP contribution in [-0.4, -0.2) is 28.5 Å². The highest BCUT2D eigenvalue weighted by Gasteiger charge is 2.13. The molecule has 0 bridgehead atoms. The van der Waals surface area contributed by atoms with Gasteiger partial charge in [-0.1, -0.05) is 46.2 Å². The van der Waals surface area contributed by atoms with E-state index in [0.717, 1.165) is 34.9 Å². The maximum atomic E-state index is 11.1. The van der Waals surface area contributed by atoms with Crippen molar-refractivity contribution >= 4 is 28.7 Å². The molecular formula is C21H28N5OS+. The van der Waals surface area contributed by atoms with E-state index in [1.165, 1.54) is 48.6 Å². The molecule has 1 aromatic carbocycles. The van der Waals surface area contributed by atoms with Crippen molar-refractivity contribution in [3.8, 4) is 11.3 Å². The van der Waals surface area contributed by atoms with E-state index in [1.807, 2.05) is 29.6 Å². The number of nitrogens with one attached hydrogen (secondary N) is 2. The number of thiazole rings is 1. The predicted molar refractivity (Wildman–Crippen MR) is 114 cm³/mol.